The minimum absolute atomic E-state index is 0. The van der Waals surface area contributed by atoms with Gasteiger partial charge < -0.3 is 0 Å². The Labute approximate surface area is 84.4 Å². The van der Waals surface area contributed by atoms with Crippen molar-refractivity contribution in [3.05, 3.63) is 12.2 Å². The van der Waals surface area contributed by atoms with Gasteiger partial charge in [-0.2, -0.15) is 0 Å². The quantitative estimate of drug-likeness (QED) is 0.517. The van der Waals surface area contributed by atoms with Gasteiger partial charge in [0.05, 0.1) is 0 Å². The van der Waals surface area contributed by atoms with E-state index in [1.807, 2.05) is 0 Å². The van der Waals surface area contributed by atoms with Gasteiger partial charge in [0.15, 0.2) is 0 Å². The lowest BCUT2D eigenvalue weighted by molar-refractivity contribution is 0.114. The molecule has 1 fully saturated rings. The van der Waals surface area contributed by atoms with E-state index in [1.54, 1.807) is 0 Å². The fraction of sp³-hybridized carbons (Fsp3) is 0.846. The molecule has 0 spiro atoms. The van der Waals surface area contributed by atoms with E-state index in [0.717, 1.165) is 11.8 Å². The standard InChI is InChI=1S/C12H22.CH4/c1-9(2)11-10(3)7-6-8-12(11,4)5;/h10-11H,1,6-8H2,2-5H3;1H4. The Morgan fingerprint density at radius 2 is 1.92 bits per heavy atom. The van der Waals surface area contributed by atoms with Crippen molar-refractivity contribution in [1.82, 2.24) is 0 Å². The van der Waals surface area contributed by atoms with Crippen molar-refractivity contribution >= 4 is 0 Å². The fourth-order valence-corrected chi connectivity index (χ4v) is 3.12. The Kier molecular flexibility index (Phi) is 4.22. The summed E-state index contributed by atoms with van der Waals surface area (Å²) in [6.07, 6.45) is 4.16. The molecule has 0 heterocycles. The van der Waals surface area contributed by atoms with E-state index >= 15 is 0 Å². The molecule has 1 aliphatic carbocycles. The first-order chi connectivity index (χ1) is 5.45. The maximum absolute atomic E-state index is 4.12. The van der Waals surface area contributed by atoms with Crippen LogP contribution in [0.2, 0.25) is 0 Å². The van der Waals surface area contributed by atoms with Gasteiger partial charge in [0.2, 0.25) is 0 Å². The normalized spacial score (nSPS) is 32.0. The van der Waals surface area contributed by atoms with Gasteiger partial charge in [-0.3, -0.25) is 0 Å². The lowest BCUT2D eigenvalue weighted by Gasteiger charge is -2.43. The number of allylic oxidation sites excluding steroid dienone is 1. The van der Waals surface area contributed by atoms with Crippen molar-refractivity contribution in [2.24, 2.45) is 17.3 Å². The Morgan fingerprint density at radius 1 is 1.38 bits per heavy atom. The minimum atomic E-state index is 0. The Hall–Kier alpha value is -0.260. The maximum Gasteiger partial charge on any atom is -0.0132 e. The summed E-state index contributed by atoms with van der Waals surface area (Å²) in [5.74, 6) is 1.58. The molecular formula is C13H26. The van der Waals surface area contributed by atoms with Gasteiger partial charge >= 0.3 is 0 Å². The molecule has 2 unspecified atom stereocenters. The molecule has 0 heteroatoms. The first kappa shape index (κ1) is 12.7. The second-order valence-corrected chi connectivity index (χ2v) is 5.18. The van der Waals surface area contributed by atoms with Crippen molar-refractivity contribution in [1.29, 1.82) is 0 Å². The topological polar surface area (TPSA) is 0 Å². The molecule has 2 atom stereocenters. The molecule has 0 nitrogen and oxygen atoms in total. The Balaban J connectivity index is 0.00000144. The second kappa shape index (κ2) is 4.30. The zero-order chi connectivity index (χ0) is 9.35. The van der Waals surface area contributed by atoms with Gasteiger partial charge in [0.1, 0.15) is 0 Å². The minimum Gasteiger partial charge on any atom is -0.0998 e. The van der Waals surface area contributed by atoms with Gasteiger partial charge in [-0.05, 0) is 30.6 Å². The summed E-state index contributed by atoms with van der Waals surface area (Å²) in [6.45, 7) is 13.5. The molecule has 0 N–H and O–H groups in total. The van der Waals surface area contributed by atoms with E-state index in [4.69, 9.17) is 0 Å². The van der Waals surface area contributed by atoms with E-state index in [2.05, 4.69) is 34.3 Å². The summed E-state index contributed by atoms with van der Waals surface area (Å²) >= 11 is 0. The fourth-order valence-electron chi connectivity index (χ4n) is 3.12. The van der Waals surface area contributed by atoms with Crippen molar-refractivity contribution < 1.29 is 0 Å². The van der Waals surface area contributed by atoms with E-state index in [-0.39, 0.29) is 7.43 Å². The predicted octanol–water partition coefficient (Wildman–Crippen LogP) is 4.66. The number of rotatable bonds is 1. The molecular weight excluding hydrogens is 156 g/mol. The van der Waals surface area contributed by atoms with Crippen LogP contribution in [0.4, 0.5) is 0 Å². The summed E-state index contributed by atoms with van der Waals surface area (Å²) in [7, 11) is 0. The molecule has 0 radical (unpaired) electrons. The van der Waals surface area contributed by atoms with Crippen molar-refractivity contribution in [2.75, 3.05) is 0 Å². The molecule has 1 aliphatic rings. The highest BCUT2D eigenvalue weighted by molar-refractivity contribution is 5.06. The van der Waals surface area contributed by atoms with Crippen LogP contribution in [-0.4, -0.2) is 0 Å². The molecule has 1 saturated carbocycles. The van der Waals surface area contributed by atoms with E-state index in [9.17, 15) is 0 Å². The summed E-state index contributed by atoms with van der Waals surface area (Å²) in [5, 5.41) is 0. The van der Waals surface area contributed by atoms with E-state index in [1.165, 1.54) is 24.8 Å². The monoisotopic (exact) mass is 182 g/mol. The molecule has 0 aromatic carbocycles. The lowest BCUT2D eigenvalue weighted by atomic mass is 9.62. The summed E-state index contributed by atoms with van der Waals surface area (Å²) < 4.78 is 0. The zero-order valence-electron chi connectivity index (χ0n) is 8.98. The van der Waals surface area contributed by atoms with Crippen LogP contribution in [0, 0.1) is 17.3 Å². The molecule has 1 rings (SSSR count). The molecule has 0 amide bonds. The lowest BCUT2D eigenvalue weighted by Crippen LogP contribution is -2.34. The third-order valence-electron chi connectivity index (χ3n) is 3.42. The van der Waals surface area contributed by atoms with Gasteiger partial charge in [-0.15, -0.1) is 0 Å². The second-order valence-electron chi connectivity index (χ2n) is 5.18. The van der Waals surface area contributed by atoms with Crippen LogP contribution in [0.1, 0.15) is 54.4 Å². The summed E-state index contributed by atoms with van der Waals surface area (Å²) in [5.41, 5.74) is 1.87. The van der Waals surface area contributed by atoms with E-state index < -0.39 is 0 Å². The highest BCUT2D eigenvalue weighted by Crippen LogP contribution is 2.46. The first-order valence-corrected chi connectivity index (χ1v) is 5.10. The van der Waals surface area contributed by atoms with Crippen LogP contribution < -0.4 is 0 Å². The maximum atomic E-state index is 4.12. The van der Waals surface area contributed by atoms with Gasteiger partial charge in [-0.1, -0.05) is 53.2 Å². The largest absolute Gasteiger partial charge is 0.0998 e. The molecule has 0 aliphatic heterocycles. The van der Waals surface area contributed by atoms with Crippen molar-refractivity contribution in [2.45, 2.75) is 54.4 Å². The van der Waals surface area contributed by atoms with E-state index in [0.29, 0.717) is 5.41 Å². The molecule has 78 valence electrons. The third-order valence-corrected chi connectivity index (χ3v) is 3.42. The zero-order valence-corrected chi connectivity index (χ0v) is 8.98. The van der Waals surface area contributed by atoms with Crippen molar-refractivity contribution in [3.63, 3.8) is 0 Å². The summed E-state index contributed by atoms with van der Waals surface area (Å²) in [6, 6.07) is 0. The molecule has 0 bridgehead atoms. The smallest absolute Gasteiger partial charge is 0.0132 e. The highest BCUT2D eigenvalue weighted by Gasteiger charge is 2.36. The Morgan fingerprint density at radius 3 is 2.23 bits per heavy atom. The predicted molar refractivity (Wildman–Crippen MR) is 61.8 cm³/mol. The Bertz CT molecular complexity index is 176. The van der Waals surface area contributed by atoms with Crippen LogP contribution in [0.15, 0.2) is 12.2 Å². The van der Waals surface area contributed by atoms with Crippen LogP contribution in [0.25, 0.3) is 0 Å². The average molecular weight is 182 g/mol. The number of hydrogen-bond acceptors (Lipinski definition) is 0. The van der Waals surface area contributed by atoms with Gasteiger partial charge in [0.25, 0.3) is 0 Å². The summed E-state index contributed by atoms with van der Waals surface area (Å²) in [4.78, 5) is 0. The number of hydrogen-bond donors (Lipinski definition) is 0. The molecule has 0 saturated heterocycles. The molecule has 13 heavy (non-hydrogen) atoms. The van der Waals surface area contributed by atoms with Crippen LogP contribution in [0.5, 0.6) is 0 Å². The average Bonchev–Trinajstić information content (AvgIpc) is 1.82. The van der Waals surface area contributed by atoms with Crippen LogP contribution in [-0.2, 0) is 0 Å². The SMILES string of the molecule is C.C=C(C)C1C(C)CCCC1(C)C. The third kappa shape index (κ3) is 2.59. The van der Waals surface area contributed by atoms with Crippen LogP contribution in [0.3, 0.4) is 0 Å². The first-order valence-electron chi connectivity index (χ1n) is 5.10. The molecule has 0 aromatic rings. The van der Waals surface area contributed by atoms with Gasteiger partial charge in [-0.25, -0.2) is 0 Å². The van der Waals surface area contributed by atoms with Crippen LogP contribution >= 0.6 is 0 Å². The molecule has 0 aromatic heterocycles. The van der Waals surface area contributed by atoms with Crippen molar-refractivity contribution in [3.8, 4) is 0 Å². The highest BCUT2D eigenvalue weighted by atomic mass is 14.4. The van der Waals surface area contributed by atoms with Gasteiger partial charge in [0, 0.05) is 0 Å².